The van der Waals surface area contributed by atoms with E-state index >= 15 is 0 Å². The number of benzene rings is 3. The third-order valence-corrected chi connectivity index (χ3v) is 5.11. The molecule has 3 aromatic carbocycles. The van der Waals surface area contributed by atoms with Crippen molar-refractivity contribution in [3.63, 3.8) is 0 Å². The minimum atomic E-state index is -0.219. The molecule has 0 spiro atoms. The zero-order valence-corrected chi connectivity index (χ0v) is 17.4. The molecule has 4 nitrogen and oxygen atoms in total. The number of carbonyl (C=O) groups is 1. The average molecular weight is 501 g/mol. The summed E-state index contributed by atoms with van der Waals surface area (Å²) < 4.78 is 7.02. The minimum Gasteiger partial charge on any atom is -0.436 e. The molecule has 0 radical (unpaired) electrons. The van der Waals surface area contributed by atoms with Crippen molar-refractivity contribution in [1.82, 2.24) is 4.98 Å². The maximum Gasteiger partial charge on any atom is 0.256 e. The topological polar surface area (TPSA) is 55.1 Å². The molecule has 138 valence electrons. The molecule has 28 heavy (non-hydrogen) atoms. The number of hydrogen-bond donors (Lipinski definition) is 1. The van der Waals surface area contributed by atoms with Crippen LogP contribution in [0.4, 0.5) is 5.69 Å². The lowest BCUT2D eigenvalue weighted by Gasteiger charge is -2.08. The smallest absolute Gasteiger partial charge is 0.256 e. The summed E-state index contributed by atoms with van der Waals surface area (Å²) in [7, 11) is 0. The lowest BCUT2D eigenvalue weighted by Crippen LogP contribution is -2.13. The van der Waals surface area contributed by atoms with Gasteiger partial charge in [0.15, 0.2) is 5.76 Å². The molecule has 0 saturated carbocycles. The Morgan fingerprint density at radius 3 is 2.43 bits per heavy atom. The summed E-state index contributed by atoms with van der Waals surface area (Å²) in [5, 5.41) is 3.57. The molecule has 1 aromatic heterocycles. The van der Waals surface area contributed by atoms with Gasteiger partial charge in [0, 0.05) is 25.4 Å². The van der Waals surface area contributed by atoms with Gasteiger partial charge in [0.2, 0.25) is 5.89 Å². The Labute approximate surface area is 180 Å². The van der Waals surface area contributed by atoms with E-state index in [1.807, 2.05) is 54.6 Å². The highest BCUT2D eigenvalue weighted by Crippen LogP contribution is 2.29. The first-order valence-corrected chi connectivity index (χ1v) is 9.94. The first-order chi connectivity index (χ1) is 13.6. The number of carbonyl (C=O) groups excluding carboxylic acids is 1. The van der Waals surface area contributed by atoms with Crippen molar-refractivity contribution in [2.75, 3.05) is 5.32 Å². The van der Waals surface area contributed by atoms with Gasteiger partial charge in [-0.3, -0.25) is 4.79 Å². The van der Waals surface area contributed by atoms with Crippen LogP contribution in [0.15, 0.2) is 83.4 Å². The predicted molar refractivity (Wildman–Crippen MR) is 119 cm³/mol. The highest BCUT2D eigenvalue weighted by Gasteiger charge is 2.17. The molecule has 6 heteroatoms. The lowest BCUT2D eigenvalue weighted by atomic mass is 10.1. The molecule has 0 bridgehead atoms. The summed E-state index contributed by atoms with van der Waals surface area (Å²) in [6.07, 6.45) is 1.65. The Balaban J connectivity index is 1.63. The first kappa shape index (κ1) is 18.7. The van der Waals surface area contributed by atoms with Crippen LogP contribution in [0.2, 0.25) is 5.02 Å². The lowest BCUT2D eigenvalue weighted by molar-refractivity contribution is 0.102. The van der Waals surface area contributed by atoms with E-state index in [9.17, 15) is 4.79 Å². The van der Waals surface area contributed by atoms with Crippen molar-refractivity contribution in [3.8, 4) is 22.8 Å². The van der Waals surface area contributed by atoms with Gasteiger partial charge in [0.1, 0.15) is 0 Å². The molecular weight excluding hydrogens is 487 g/mol. The van der Waals surface area contributed by atoms with Crippen LogP contribution >= 0.6 is 34.2 Å². The van der Waals surface area contributed by atoms with Crippen molar-refractivity contribution in [3.05, 3.63) is 93.1 Å². The molecule has 1 amide bonds. The second kappa shape index (κ2) is 8.16. The second-order valence-corrected chi connectivity index (χ2v) is 7.73. The normalized spacial score (nSPS) is 10.6. The Bertz CT molecular complexity index is 1120. The molecule has 0 saturated heterocycles. The van der Waals surface area contributed by atoms with E-state index in [2.05, 4.69) is 32.9 Å². The zero-order valence-electron chi connectivity index (χ0n) is 14.5. The second-order valence-electron chi connectivity index (χ2n) is 6.04. The number of anilines is 1. The van der Waals surface area contributed by atoms with Crippen molar-refractivity contribution in [2.45, 2.75) is 0 Å². The van der Waals surface area contributed by atoms with Crippen LogP contribution in [0, 0.1) is 3.57 Å². The van der Waals surface area contributed by atoms with Crippen molar-refractivity contribution < 1.29 is 9.21 Å². The maximum atomic E-state index is 12.8. The number of nitrogens with one attached hydrogen (secondary N) is 1. The van der Waals surface area contributed by atoms with Crippen molar-refractivity contribution >= 4 is 45.8 Å². The van der Waals surface area contributed by atoms with Gasteiger partial charge in [-0.05, 0) is 83.3 Å². The predicted octanol–water partition coefficient (Wildman–Crippen LogP) is 6.52. The summed E-state index contributed by atoms with van der Waals surface area (Å²) >= 11 is 8.16. The minimum absolute atomic E-state index is 0.219. The maximum absolute atomic E-state index is 12.8. The fourth-order valence-corrected chi connectivity index (χ4v) is 3.23. The molecule has 0 aliphatic heterocycles. The Hall–Kier alpha value is -2.64. The number of amides is 1. The van der Waals surface area contributed by atoms with E-state index in [-0.39, 0.29) is 5.91 Å². The van der Waals surface area contributed by atoms with Gasteiger partial charge >= 0.3 is 0 Å². The Kier molecular flexibility index (Phi) is 5.45. The van der Waals surface area contributed by atoms with Crippen LogP contribution in [0.25, 0.3) is 22.8 Å². The van der Waals surface area contributed by atoms with Crippen LogP contribution in [0.5, 0.6) is 0 Å². The summed E-state index contributed by atoms with van der Waals surface area (Å²) in [6.45, 7) is 0. The molecule has 0 fully saturated rings. The highest BCUT2D eigenvalue weighted by molar-refractivity contribution is 14.1. The molecular formula is C22H14ClIN2O2. The van der Waals surface area contributed by atoms with E-state index < -0.39 is 0 Å². The molecule has 0 aliphatic rings. The summed E-state index contributed by atoms with van der Waals surface area (Å²) in [6, 6.07) is 22.2. The molecule has 4 aromatic rings. The van der Waals surface area contributed by atoms with Gasteiger partial charge in [-0.15, -0.1) is 0 Å². The standard InChI is InChI=1S/C22H14ClIN2O2/c23-15-7-5-14(6-8-15)20-13-25-22(28-20)19-4-2-1-3-18(19)21(27)26-17-11-9-16(24)10-12-17/h1-13H,(H,26,27). The van der Waals surface area contributed by atoms with E-state index in [1.165, 1.54) is 0 Å². The van der Waals surface area contributed by atoms with Crippen LogP contribution in [-0.2, 0) is 0 Å². The van der Waals surface area contributed by atoms with Gasteiger partial charge < -0.3 is 9.73 Å². The number of oxazole rings is 1. The largest absolute Gasteiger partial charge is 0.436 e. The van der Waals surface area contributed by atoms with Gasteiger partial charge in [0.25, 0.3) is 5.91 Å². The SMILES string of the molecule is O=C(Nc1ccc(I)cc1)c1ccccc1-c1ncc(-c2ccc(Cl)cc2)o1. The van der Waals surface area contributed by atoms with Gasteiger partial charge in [-0.1, -0.05) is 23.7 Å². The zero-order chi connectivity index (χ0) is 19.5. The molecule has 0 atom stereocenters. The number of hydrogen-bond acceptors (Lipinski definition) is 3. The molecule has 0 unspecified atom stereocenters. The van der Waals surface area contributed by atoms with Crippen molar-refractivity contribution in [1.29, 1.82) is 0 Å². The summed E-state index contributed by atoms with van der Waals surface area (Å²) in [5.41, 5.74) is 2.72. The Morgan fingerprint density at radius 1 is 0.964 bits per heavy atom. The highest BCUT2D eigenvalue weighted by atomic mass is 127. The third-order valence-electron chi connectivity index (χ3n) is 4.14. The summed E-state index contributed by atoms with van der Waals surface area (Å²) in [4.78, 5) is 17.2. The van der Waals surface area contributed by atoms with Crippen LogP contribution < -0.4 is 5.32 Å². The van der Waals surface area contributed by atoms with E-state index in [4.69, 9.17) is 16.0 Å². The van der Waals surface area contributed by atoms with Crippen molar-refractivity contribution in [2.24, 2.45) is 0 Å². The first-order valence-electron chi connectivity index (χ1n) is 8.48. The van der Waals surface area contributed by atoms with E-state index in [1.54, 1.807) is 24.4 Å². The molecule has 0 aliphatic carbocycles. The number of halogens is 2. The van der Waals surface area contributed by atoms with Crippen LogP contribution in [-0.4, -0.2) is 10.9 Å². The third kappa shape index (κ3) is 4.10. The fourth-order valence-electron chi connectivity index (χ4n) is 2.75. The number of rotatable bonds is 4. The molecule has 1 N–H and O–H groups in total. The van der Waals surface area contributed by atoms with Gasteiger partial charge in [-0.2, -0.15) is 0 Å². The number of aromatic nitrogens is 1. The van der Waals surface area contributed by atoms with Gasteiger partial charge in [0.05, 0.1) is 11.8 Å². The van der Waals surface area contributed by atoms with Gasteiger partial charge in [-0.25, -0.2) is 4.98 Å². The fraction of sp³-hybridized carbons (Fsp3) is 0. The number of nitrogens with zero attached hydrogens (tertiary/aromatic N) is 1. The average Bonchev–Trinajstić information content (AvgIpc) is 3.20. The molecule has 1 heterocycles. The van der Waals surface area contributed by atoms with E-state index in [0.717, 1.165) is 14.8 Å². The quantitative estimate of drug-likeness (QED) is 0.325. The van der Waals surface area contributed by atoms with E-state index in [0.29, 0.717) is 27.8 Å². The summed E-state index contributed by atoms with van der Waals surface area (Å²) in [5.74, 6) is 0.779. The Morgan fingerprint density at radius 2 is 1.68 bits per heavy atom. The van der Waals surface area contributed by atoms with Crippen LogP contribution in [0.1, 0.15) is 10.4 Å². The molecule has 4 rings (SSSR count). The van der Waals surface area contributed by atoms with Crippen LogP contribution in [0.3, 0.4) is 0 Å². The monoisotopic (exact) mass is 500 g/mol.